The van der Waals surface area contributed by atoms with Crippen LogP contribution in [0.3, 0.4) is 0 Å². The number of rotatable bonds is 5. The zero-order valence-corrected chi connectivity index (χ0v) is 16.5. The van der Waals surface area contributed by atoms with Gasteiger partial charge >= 0.3 is 0 Å². The molecule has 0 unspecified atom stereocenters. The Morgan fingerprint density at radius 3 is 2.75 bits per heavy atom. The van der Waals surface area contributed by atoms with Crippen molar-refractivity contribution >= 4 is 29.5 Å². The normalized spacial score (nSPS) is 23.5. The topological polar surface area (TPSA) is 67.5 Å². The van der Waals surface area contributed by atoms with E-state index < -0.39 is 0 Å². The van der Waals surface area contributed by atoms with E-state index in [9.17, 15) is 0 Å². The summed E-state index contributed by atoms with van der Waals surface area (Å²) in [6.45, 7) is 1.02. The van der Waals surface area contributed by atoms with Crippen molar-refractivity contribution in [3.8, 4) is 0 Å². The van der Waals surface area contributed by atoms with Gasteiger partial charge in [-0.1, -0.05) is 23.7 Å². The molecule has 28 heavy (non-hydrogen) atoms. The van der Waals surface area contributed by atoms with Crippen molar-refractivity contribution in [1.82, 2.24) is 26.3 Å². The van der Waals surface area contributed by atoms with E-state index in [0.29, 0.717) is 12.0 Å². The predicted octanol–water partition coefficient (Wildman–Crippen LogP) is 3.73. The van der Waals surface area contributed by atoms with Crippen molar-refractivity contribution < 1.29 is 0 Å². The van der Waals surface area contributed by atoms with Gasteiger partial charge in [0.05, 0.1) is 11.4 Å². The molecule has 1 fully saturated rings. The predicted molar refractivity (Wildman–Crippen MR) is 113 cm³/mol. The molecule has 1 aromatic heterocycles. The van der Waals surface area contributed by atoms with Crippen LogP contribution in [-0.4, -0.2) is 28.9 Å². The van der Waals surface area contributed by atoms with Crippen LogP contribution in [-0.2, 0) is 6.42 Å². The fourth-order valence-electron chi connectivity index (χ4n) is 4.45. The van der Waals surface area contributed by atoms with Crippen molar-refractivity contribution in [3.05, 3.63) is 58.4 Å². The van der Waals surface area contributed by atoms with Gasteiger partial charge in [0.2, 0.25) is 0 Å². The third-order valence-electron chi connectivity index (χ3n) is 5.99. The molecule has 1 saturated carbocycles. The standard InChI is InChI=1S/C21H25ClN6/c22-16-5-1-14(2-6-16)9-11-23-17-7-3-15(4-8-17)19-20-18-10-12-24-21(18)25-13-28(20)27-26-19/h1-2,5-6,10,12-13,15,17,23-24,26-27H,3-4,7-9,11H2. The fraction of sp³-hybridized carbons (Fsp3) is 0.381. The number of aromatic amines is 1. The van der Waals surface area contributed by atoms with Crippen LogP contribution in [0.5, 0.6) is 0 Å². The average molecular weight is 397 g/mol. The molecule has 5 rings (SSSR count). The molecule has 3 aliphatic rings. The Labute approximate surface area is 170 Å². The van der Waals surface area contributed by atoms with Crippen molar-refractivity contribution in [2.24, 2.45) is 10.9 Å². The number of hydrogen-bond donors (Lipinski definition) is 4. The maximum Gasteiger partial charge on any atom is 0.141 e. The van der Waals surface area contributed by atoms with Gasteiger partial charge in [-0.05, 0) is 62.4 Å². The molecule has 2 aliphatic heterocycles. The number of nitrogens with one attached hydrogen (secondary N) is 4. The van der Waals surface area contributed by atoms with Crippen LogP contribution >= 0.6 is 11.6 Å². The lowest BCUT2D eigenvalue weighted by molar-refractivity contribution is 0.307. The Morgan fingerprint density at radius 2 is 1.93 bits per heavy atom. The molecule has 7 heteroatoms. The number of allylic oxidation sites excluding steroid dienone is 1. The Balaban J connectivity index is 1.17. The van der Waals surface area contributed by atoms with Gasteiger partial charge in [0.15, 0.2) is 0 Å². The molecule has 1 aromatic carbocycles. The number of aromatic nitrogens is 1. The average Bonchev–Trinajstić information content (AvgIpc) is 3.36. The van der Waals surface area contributed by atoms with Crippen LogP contribution < -0.4 is 16.3 Å². The number of hydrogen-bond acceptors (Lipinski definition) is 5. The van der Waals surface area contributed by atoms with Gasteiger partial charge in [-0.2, -0.15) is 0 Å². The molecular weight excluding hydrogens is 372 g/mol. The molecule has 0 atom stereocenters. The molecule has 0 saturated heterocycles. The van der Waals surface area contributed by atoms with Crippen LogP contribution in [0.1, 0.15) is 36.8 Å². The molecule has 0 spiro atoms. The van der Waals surface area contributed by atoms with Gasteiger partial charge in [-0.3, -0.25) is 0 Å². The lowest BCUT2D eigenvalue weighted by atomic mass is 9.83. The highest BCUT2D eigenvalue weighted by atomic mass is 35.5. The number of fused-ring (bicyclic) bond motifs is 3. The first-order chi connectivity index (χ1) is 13.8. The highest BCUT2D eigenvalue weighted by molar-refractivity contribution is 6.30. The Morgan fingerprint density at radius 1 is 1.11 bits per heavy atom. The monoisotopic (exact) mass is 396 g/mol. The van der Waals surface area contributed by atoms with E-state index in [-0.39, 0.29) is 0 Å². The van der Waals surface area contributed by atoms with Gasteiger partial charge in [0.25, 0.3) is 0 Å². The van der Waals surface area contributed by atoms with Crippen LogP contribution in [0.2, 0.25) is 5.02 Å². The lowest BCUT2D eigenvalue weighted by Crippen LogP contribution is -2.39. The van der Waals surface area contributed by atoms with Crippen molar-refractivity contribution in [2.45, 2.75) is 38.1 Å². The zero-order chi connectivity index (χ0) is 18.9. The maximum absolute atomic E-state index is 5.96. The third kappa shape index (κ3) is 3.43. The molecule has 0 bridgehead atoms. The summed E-state index contributed by atoms with van der Waals surface area (Å²) >= 11 is 5.96. The molecule has 2 aromatic rings. The van der Waals surface area contributed by atoms with E-state index in [2.05, 4.69) is 44.5 Å². The van der Waals surface area contributed by atoms with E-state index >= 15 is 0 Å². The van der Waals surface area contributed by atoms with Crippen LogP contribution in [0.25, 0.3) is 5.70 Å². The van der Waals surface area contributed by atoms with Crippen LogP contribution in [0, 0.1) is 5.92 Å². The second-order valence-corrected chi connectivity index (χ2v) is 8.17. The largest absolute Gasteiger partial charge is 0.346 e. The number of benzene rings is 1. The Kier molecular flexibility index (Phi) is 4.84. The van der Waals surface area contributed by atoms with E-state index in [1.165, 1.54) is 48.2 Å². The first-order valence-corrected chi connectivity index (χ1v) is 10.4. The van der Waals surface area contributed by atoms with E-state index in [0.717, 1.165) is 23.8 Å². The van der Waals surface area contributed by atoms with Crippen LogP contribution in [0.4, 0.5) is 5.82 Å². The lowest BCUT2D eigenvalue weighted by Gasteiger charge is -2.30. The zero-order valence-electron chi connectivity index (χ0n) is 15.7. The minimum atomic E-state index is 0.552. The summed E-state index contributed by atoms with van der Waals surface area (Å²) in [6.07, 6.45) is 9.62. The van der Waals surface area contributed by atoms with Gasteiger partial charge in [0.1, 0.15) is 12.2 Å². The second kappa shape index (κ2) is 7.62. The molecule has 0 amide bonds. The maximum atomic E-state index is 5.96. The molecule has 0 radical (unpaired) electrons. The van der Waals surface area contributed by atoms with Crippen LogP contribution in [0.15, 0.2) is 47.2 Å². The number of halogens is 1. The number of aliphatic imine (C=N–C) groups is 1. The van der Waals surface area contributed by atoms with Crippen molar-refractivity contribution in [3.63, 3.8) is 0 Å². The molecular formula is C21H25ClN6. The quantitative estimate of drug-likeness (QED) is 0.621. The minimum absolute atomic E-state index is 0.552. The fourth-order valence-corrected chi connectivity index (χ4v) is 4.58. The van der Waals surface area contributed by atoms with Crippen molar-refractivity contribution in [2.75, 3.05) is 6.54 Å². The first kappa shape index (κ1) is 17.8. The summed E-state index contributed by atoms with van der Waals surface area (Å²) in [5.74, 6) is 1.49. The van der Waals surface area contributed by atoms with Gasteiger partial charge in [-0.25, -0.2) is 10.0 Å². The summed E-state index contributed by atoms with van der Waals surface area (Å²) in [5, 5.41) is 6.53. The highest BCUT2D eigenvalue weighted by Gasteiger charge is 2.33. The smallest absolute Gasteiger partial charge is 0.141 e. The van der Waals surface area contributed by atoms with Gasteiger partial charge in [0, 0.05) is 28.7 Å². The van der Waals surface area contributed by atoms with Gasteiger partial charge < -0.3 is 15.7 Å². The highest BCUT2D eigenvalue weighted by Crippen LogP contribution is 2.39. The van der Waals surface area contributed by atoms with E-state index in [1.807, 2.05) is 29.7 Å². The number of hydrazine groups is 2. The summed E-state index contributed by atoms with van der Waals surface area (Å²) < 4.78 is 0. The third-order valence-corrected chi connectivity index (χ3v) is 6.24. The number of nitrogens with zero attached hydrogens (tertiary/aromatic N) is 2. The van der Waals surface area contributed by atoms with E-state index in [4.69, 9.17) is 11.6 Å². The molecule has 146 valence electrons. The molecule has 1 aliphatic carbocycles. The Hall–Kier alpha value is -2.28. The molecule has 3 heterocycles. The summed E-state index contributed by atoms with van der Waals surface area (Å²) in [6, 6.07) is 10.9. The first-order valence-electron chi connectivity index (χ1n) is 10.0. The summed E-state index contributed by atoms with van der Waals surface area (Å²) in [5.41, 5.74) is 11.6. The van der Waals surface area contributed by atoms with Crippen molar-refractivity contribution in [1.29, 1.82) is 0 Å². The van der Waals surface area contributed by atoms with E-state index in [1.54, 1.807) is 0 Å². The Bertz CT molecular complexity index is 892. The summed E-state index contributed by atoms with van der Waals surface area (Å²) in [4.78, 5) is 7.65. The number of H-pyrrole nitrogens is 1. The SMILES string of the molecule is Clc1ccc(CCNC2CCC(C3=C4c5cc[nH]c5N=CN4NN3)CC2)cc1. The van der Waals surface area contributed by atoms with Gasteiger partial charge in [-0.15, -0.1) is 5.53 Å². The molecule has 6 nitrogen and oxygen atoms in total. The molecule has 4 N–H and O–H groups in total. The minimum Gasteiger partial charge on any atom is -0.346 e. The summed E-state index contributed by atoms with van der Waals surface area (Å²) in [7, 11) is 0. The second-order valence-electron chi connectivity index (χ2n) is 7.73.